The van der Waals surface area contributed by atoms with Crippen molar-refractivity contribution in [1.29, 1.82) is 0 Å². The minimum absolute atomic E-state index is 0.0216. The van der Waals surface area contributed by atoms with Gasteiger partial charge in [-0.3, -0.25) is 9.89 Å². The second-order valence-corrected chi connectivity index (χ2v) is 6.90. The van der Waals surface area contributed by atoms with Gasteiger partial charge in [-0.1, -0.05) is 12.1 Å². The van der Waals surface area contributed by atoms with Gasteiger partial charge in [0.1, 0.15) is 11.5 Å². The Kier molecular flexibility index (Phi) is 5.02. The first kappa shape index (κ1) is 18.1. The third kappa shape index (κ3) is 3.45. The molecule has 1 atom stereocenters. The topological polar surface area (TPSA) is 67.4 Å². The normalized spacial score (nSPS) is 16.4. The molecule has 0 radical (unpaired) electrons. The van der Waals surface area contributed by atoms with E-state index >= 15 is 0 Å². The molecule has 3 aromatic rings. The number of hydrogen-bond acceptors (Lipinski definition) is 4. The number of anilines is 1. The highest BCUT2D eigenvalue weighted by Crippen LogP contribution is 2.35. The highest BCUT2D eigenvalue weighted by atomic mass is 16.5. The number of carbonyl (C=O) groups excluding carboxylic acids is 1. The summed E-state index contributed by atoms with van der Waals surface area (Å²) in [7, 11) is 3.29. The number of H-pyrrole nitrogens is 1. The highest BCUT2D eigenvalue weighted by Gasteiger charge is 2.33. The molecule has 28 heavy (non-hydrogen) atoms. The van der Waals surface area contributed by atoms with Crippen molar-refractivity contribution in [3.05, 3.63) is 60.4 Å². The molecule has 0 aliphatic carbocycles. The number of aromatic nitrogens is 2. The summed E-state index contributed by atoms with van der Waals surface area (Å²) in [6.45, 7) is 0.710. The van der Waals surface area contributed by atoms with Crippen LogP contribution in [0.15, 0.2) is 54.9 Å². The van der Waals surface area contributed by atoms with E-state index < -0.39 is 0 Å². The Morgan fingerprint density at radius 1 is 1.18 bits per heavy atom. The van der Waals surface area contributed by atoms with Crippen molar-refractivity contribution in [2.75, 3.05) is 25.7 Å². The molecule has 1 unspecified atom stereocenters. The zero-order valence-electron chi connectivity index (χ0n) is 16.0. The summed E-state index contributed by atoms with van der Waals surface area (Å²) >= 11 is 0. The summed E-state index contributed by atoms with van der Waals surface area (Å²) in [5.41, 5.74) is 3.88. The highest BCUT2D eigenvalue weighted by molar-refractivity contribution is 5.98. The van der Waals surface area contributed by atoms with E-state index in [0.29, 0.717) is 6.54 Å². The molecule has 6 heteroatoms. The largest absolute Gasteiger partial charge is 0.497 e. The first-order valence-electron chi connectivity index (χ1n) is 9.31. The van der Waals surface area contributed by atoms with Gasteiger partial charge < -0.3 is 14.4 Å². The van der Waals surface area contributed by atoms with E-state index in [0.717, 1.165) is 46.7 Å². The fourth-order valence-corrected chi connectivity index (χ4v) is 3.75. The Morgan fingerprint density at radius 2 is 2.07 bits per heavy atom. The maximum absolute atomic E-state index is 13.0. The lowest BCUT2D eigenvalue weighted by Gasteiger charge is -2.19. The summed E-state index contributed by atoms with van der Waals surface area (Å²) in [6.07, 6.45) is 5.13. The van der Waals surface area contributed by atoms with Gasteiger partial charge in [0.25, 0.3) is 0 Å². The van der Waals surface area contributed by atoms with E-state index in [-0.39, 0.29) is 11.8 Å². The average molecular weight is 377 g/mol. The molecule has 1 saturated heterocycles. The predicted molar refractivity (Wildman–Crippen MR) is 108 cm³/mol. The van der Waals surface area contributed by atoms with Gasteiger partial charge in [0, 0.05) is 41.5 Å². The third-order valence-corrected chi connectivity index (χ3v) is 5.24. The molecule has 1 fully saturated rings. The van der Waals surface area contributed by atoms with E-state index in [9.17, 15) is 4.79 Å². The number of hydrogen-bond donors (Lipinski definition) is 1. The number of benzene rings is 2. The number of carbonyl (C=O) groups is 1. The van der Waals surface area contributed by atoms with Crippen molar-refractivity contribution in [2.24, 2.45) is 5.92 Å². The van der Waals surface area contributed by atoms with Gasteiger partial charge in [0.2, 0.25) is 5.91 Å². The van der Waals surface area contributed by atoms with Crippen LogP contribution in [0.2, 0.25) is 0 Å². The van der Waals surface area contributed by atoms with Crippen LogP contribution in [0, 0.1) is 5.92 Å². The molecule has 0 spiro atoms. The maximum Gasteiger partial charge on any atom is 0.230 e. The Balaban J connectivity index is 1.53. The average Bonchev–Trinajstić information content (AvgIpc) is 3.38. The quantitative estimate of drug-likeness (QED) is 0.711. The van der Waals surface area contributed by atoms with Gasteiger partial charge in [-0.15, -0.1) is 0 Å². The second kappa shape index (κ2) is 7.76. The minimum atomic E-state index is -0.0216. The van der Waals surface area contributed by atoms with E-state index in [1.165, 1.54) is 0 Å². The molecule has 1 amide bonds. The van der Waals surface area contributed by atoms with Crippen molar-refractivity contribution < 1.29 is 14.3 Å². The smallest absolute Gasteiger partial charge is 0.230 e. The van der Waals surface area contributed by atoms with Crippen LogP contribution >= 0.6 is 0 Å². The van der Waals surface area contributed by atoms with E-state index in [2.05, 4.69) is 10.2 Å². The maximum atomic E-state index is 13.0. The lowest BCUT2D eigenvalue weighted by molar-refractivity contribution is -0.120. The standard InChI is InChI=1S/C22H23N3O3/c1-27-19-5-3-4-15(11-19)10-16-8-9-25(22(16)26)18-6-7-20(21(12-18)28-2)17-13-23-24-14-17/h3-7,11-14,16H,8-10H2,1-2H3,(H,23,24). The fraction of sp³-hybridized carbons (Fsp3) is 0.273. The lowest BCUT2D eigenvalue weighted by atomic mass is 9.98. The molecule has 1 aliphatic heterocycles. The number of ether oxygens (including phenoxy) is 2. The van der Waals surface area contributed by atoms with E-state index in [4.69, 9.17) is 9.47 Å². The van der Waals surface area contributed by atoms with Crippen LogP contribution < -0.4 is 14.4 Å². The number of aromatic amines is 1. The summed E-state index contributed by atoms with van der Waals surface area (Å²) in [5.74, 6) is 1.68. The van der Waals surface area contributed by atoms with Crippen LogP contribution in [0.4, 0.5) is 5.69 Å². The Bertz CT molecular complexity index is 969. The Hall–Kier alpha value is -3.28. The van der Waals surface area contributed by atoms with Crippen LogP contribution in [0.3, 0.4) is 0 Å². The molecular weight excluding hydrogens is 354 g/mol. The van der Waals surface area contributed by atoms with Crippen molar-refractivity contribution in [2.45, 2.75) is 12.8 Å². The van der Waals surface area contributed by atoms with Crippen molar-refractivity contribution >= 4 is 11.6 Å². The molecule has 0 saturated carbocycles. The van der Waals surface area contributed by atoms with E-state index in [1.54, 1.807) is 20.4 Å². The molecule has 2 heterocycles. The summed E-state index contributed by atoms with van der Waals surface area (Å²) in [6, 6.07) is 13.8. The SMILES string of the molecule is COc1cccc(CC2CCN(c3ccc(-c4cn[nH]c4)c(OC)c3)C2=O)c1. The molecular formula is C22H23N3O3. The van der Waals surface area contributed by atoms with E-state index in [1.807, 2.05) is 53.6 Å². The first-order valence-corrected chi connectivity index (χ1v) is 9.31. The first-order chi connectivity index (χ1) is 13.7. The van der Waals surface area contributed by atoms with Crippen LogP contribution in [-0.2, 0) is 11.2 Å². The summed E-state index contributed by atoms with van der Waals surface area (Å²) in [5, 5.41) is 6.81. The number of nitrogens with zero attached hydrogens (tertiary/aromatic N) is 2. The van der Waals surface area contributed by atoms with Crippen molar-refractivity contribution in [3.63, 3.8) is 0 Å². The van der Waals surface area contributed by atoms with Gasteiger partial charge in [0.15, 0.2) is 0 Å². The second-order valence-electron chi connectivity index (χ2n) is 6.90. The molecule has 2 aromatic carbocycles. The number of nitrogens with one attached hydrogen (secondary N) is 1. The van der Waals surface area contributed by atoms with Crippen molar-refractivity contribution in [3.8, 4) is 22.6 Å². The van der Waals surface area contributed by atoms with Gasteiger partial charge in [-0.05, 0) is 42.7 Å². The third-order valence-electron chi connectivity index (χ3n) is 5.24. The molecule has 4 rings (SSSR count). The summed E-state index contributed by atoms with van der Waals surface area (Å²) in [4.78, 5) is 14.9. The van der Waals surface area contributed by atoms with Crippen LogP contribution in [0.25, 0.3) is 11.1 Å². The Morgan fingerprint density at radius 3 is 2.82 bits per heavy atom. The van der Waals surface area contributed by atoms with Gasteiger partial charge >= 0.3 is 0 Å². The monoisotopic (exact) mass is 377 g/mol. The minimum Gasteiger partial charge on any atom is -0.497 e. The zero-order chi connectivity index (χ0) is 19.5. The number of methoxy groups -OCH3 is 2. The lowest BCUT2D eigenvalue weighted by Crippen LogP contribution is -2.27. The Labute approximate surface area is 164 Å². The number of rotatable bonds is 6. The van der Waals surface area contributed by atoms with Gasteiger partial charge in [-0.2, -0.15) is 5.10 Å². The summed E-state index contributed by atoms with van der Waals surface area (Å²) < 4.78 is 10.8. The molecule has 144 valence electrons. The predicted octanol–water partition coefficient (Wildman–Crippen LogP) is 3.69. The van der Waals surface area contributed by atoms with Gasteiger partial charge in [0.05, 0.1) is 20.4 Å². The molecule has 6 nitrogen and oxygen atoms in total. The number of amides is 1. The van der Waals surface area contributed by atoms with Gasteiger partial charge in [-0.25, -0.2) is 0 Å². The molecule has 1 aliphatic rings. The molecule has 0 bridgehead atoms. The molecule has 1 aromatic heterocycles. The van der Waals surface area contributed by atoms with Crippen LogP contribution in [-0.4, -0.2) is 36.9 Å². The zero-order valence-corrected chi connectivity index (χ0v) is 16.0. The van der Waals surface area contributed by atoms with Crippen molar-refractivity contribution in [1.82, 2.24) is 10.2 Å². The van der Waals surface area contributed by atoms with Crippen LogP contribution in [0.1, 0.15) is 12.0 Å². The van der Waals surface area contributed by atoms with Crippen LogP contribution in [0.5, 0.6) is 11.5 Å². The fourth-order valence-electron chi connectivity index (χ4n) is 3.75. The molecule has 1 N–H and O–H groups in total.